The summed E-state index contributed by atoms with van der Waals surface area (Å²) >= 11 is 0. The fourth-order valence-electron chi connectivity index (χ4n) is 0. The third-order valence-corrected chi connectivity index (χ3v) is 0. The summed E-state index contributed by atoms with van der Waals surface area (Å²) in [6, 6.07) is 0. The maximum atomic E-state index is 7.57. The van der Waals surface area contributed by atoms with E-state index in [9.17, 15) is 0 Å². The normalized spacial score (nSPS) is 5.20. The van der Waals surface area contributed by atoms with Crippen LogP contribution in [0, 0.1) is 0 Å². The van der Waals surface area contributed by atoms with E-state index in [1.54, 1.807) is 27.7 Å². The second-order valence-corrected chi connectivity index (χ2v) is 1.26. The summed E-state index contributed by atoms with van der Waals surface area (Å²) in [5.74, 6) is 0. The third kappa shape index (κ3) is 6460. The van der Waals surface area contributed by atoms with Crippen LogP contribution in [0.2, 0.25) is 0 Å². The summed E-state index contributed by atoms with van der Waals surface area (Å²) in [6.45, 7) is 7.72. The van der Waals surface area contributed by atoms with Gasteiger partial charge < -0.3 is 25.5 Å². The van der Waals surface area contributed by atoms with Crippen molar-refractivity contribution in [1.29, 1.82) is 0 Å². The molecule has 0 saturated heterocycles. The van der Waals surface area contributed by atoms with Crippen LogP contribution in [-0.4, -0.2) is 83.0 Å². The van der Waals surface area contributed by atoms with Crippen molar-refractivity contribution in [1.82, 2.24) is 0 Å². The second kappa shape index (κ2) is 128. The molecular formula is C9H30O5Sn. The van der Waals surface area contributed by atoms with E-state index >= 15 is 0 Å². The summed E-state index contributed by atoms with van der Waals surface area (Å²) in [5.41, 5.74) is 0. The van der Waals surface area contributed by atoms with Gasteiger partial charge in [-0.25, -0.2) is 0 Å². The van der Waals surface area contributed by atoms with Gasteiger partial charge in [0.1, 0.15) is 0 Å². The minimum absolute atomic E-state index is 0. The minimum atomic E-state index is 0. The SMILES string of the molecule is CCO.CCO.CCO.CCO.CO.[SnH2]. The first-order valence-electron chi connectivity index (χ1n) is 4.54. The Morgan fingerprint density at radius 3 is 0.533 bits per heavy atom. The summed E-state index contributed by atoms with van der Waals surface area (Å²) in [7, 11) is 1.00. The molecule has 0 rings (SSSR count). The van der Waals surface area contributed by atoms with Crippen molar-refractivity contribution in [2.75, 3.05) is 33.5 Å². The Kier molecular flexibility index (Phi) is 307. The fourth-order valence-corrected chi connectivity index (χ4v) is 0. The Labute approximate surface area is 111 Å². The molecule has 5 nitrogen and oxygen atoms in total. The van der Waals surface area contributed by atoms with Gasteiger partial charge in [-0.15, -0.1) is 0 Å². The van der Waals surface area contributed by atoms with E-state index in [1.807, 2.05) is 0 Å². The van der Waals surface area contributed by atoms with Crippen molar-refractivity contribution < 1.29 is 25.5 Å². The predicted octanol–water partition coefficient (Wildman–Crippen LogP) is -1.31. The summed E-state index contributed by atoms with van der Waals surface area (Å²) in [5, 5.41) is 37.3. The Balaban J connectivity index is -0.0000000167. The van der Waals surface area contributed by atoms with Crippen LogP contribution in [-0.2, 0) is 0 Å². The molecule has 0 fully saturated rings. The van der Waals surface area contributed by atoms with Crippen molar-refractivity contribution in [3.8, 4) is 0 Å². The van der Waals surface area contributed by atoms with Gasteiger partial charge in [0.25, 0.3) is 0 Å². The molecule has 0 atom stereocenters. The molecular weight excluding hydrogens is 307 g/mol. The molecule has 0 aromatic heterocycles. The fraction of sp³-hybridized carbons (Fsp3) is 1.00. The Hall–Kier alpha value is 0.599. The Morgan fingerprint density at radius 1 is 0.533 bits per heavy atom. The van der Waals surface area contributed by atoms with Gasteiger partial charge in [-0.3, -0.25) is 0 Å². The Bertz CT molecular complexity index is 26.5. The van der Waals surface area contributed by atoms with E-state index in [0.717, 1.165) is 7.11 Å². The number of hydrogen-bond donors (Lipinski definition) is 5. The number of aliphatic hydroxyl groups is 5. The van der Waals surface area contributed by atoms with Crippen molar-refractivity contribution >= 4 is 23.9 Å². The van der Waals surface area contributed by atoms with E-state index < -0.39 is 0 Å². The van der Waals surface area contributed by atoms with Crippen LogP contribution in [0.25, 0.3) is 0 Å². The molecule has 0 unspecified atom stereocenters. The molecule has 0 aromatic rings. The summed E-state index contributed by atoms with van der Waals surface area (Å²) < 4.78 is 0. The van der Waals surface area contributed by atoms with Crippen LogP contribution in [0.1, 0.15) is 27.7 Å². The zero-order valence-corrected chi connectivity index (χ0v) is 14.8. The van der Waals surface area contributed by atoms with Crippen molar-refractivity contribution in [2.45, 2.75) is 27.7 Å². The topological polar surface area (TPSA) is 101 Å². The van der Waals surface area contributed by atoms with E-state index in [4.69, 9.17) is 25.5 Å². The molecule has 2 radical (unpaired) electrons. The third-order valence-electron chi connectivity index (χ3n) is 0. The molecule has 0 heterocycles. The van der Waals surface area contributed by atoms with E-state index in [2.05, 4.69) is 0 Å². The van der Waals surface area contributed by atoms with Crippen LogP contribution in [0.15, 0.2) is 0 Å². The van der Waals surface area contributed by atoms with Crippen LogP contribution < -0.4 is 0 Å². The van der Waals surface area contributed by atoms with Crippen LogP contribution in [0.3, 0.4) is 0 Å². The molecule has 0 bridgehead atoms. The zero-order valence-electron chi connectivity index (χ0n) is 10.8. The first-order valence-corrected chi connectivity index (χ1v) is 4.54. The Morgan fingerprint density at radius 2 is 0.533 bits per heavy atom. The van der Waals surface area contributed by atoms with Gasteiger partial charge in [-0.1, -0.05) is 0 Å². The predicted molar refractivity (Wildman–Crippen MR) is 67.7 cm³/mol. The van der Waals surface area contributed by atoms with Crippen LogP contribution in [0.4, 0.5) is 0 Å². The van der Waals surface area contributed by atoms with Gasteiger partial charge in [-0.05, 0) is 27.7 Å². The molecule has 15 heavy (non-hydrogen) atoms. The maximum absolute atomic E-state index is 7.57. The number of hydrogen-bond acceptors (Lipinski definition) is 5. The van der Waals surface area contributed by atoms with Gasteiger partial charge in [0.05, 0.1) is 0 Å². The van der Waals surface area contributed by atoms with E-state index in [1.165, 1.54) is 0 Å². The van der Waals surface area contributed by atoms with Crippen LogP contribution >= 0.6 is 0 Å². The summed E-state index contributed by atoms with van der Waals surface area (Å²) in [6.07, 6.45) is 0. The van der Waals surface area contributed by atoms with Crippen molar-refractivity contribution in [3.63, 3.8) is 0 Å². The molecule has 5 N–H and O–H groups in total. The number of aliphatic hydroxyl groups excluding tert-OH is 5. The summed E-state index contributed by atoms with van der Waals surface area (Å²) in [4.78, 5) is 0. The van der Waals surface area contributed by atoms with Crippen LogP contribution in [0.5, 0.6) is 0 Å². The average molecular weight is 337 g/mol. The monoisotopic (exact) mass is 338 g/mol. The molecule has 6 heteroatoms. The van der Waals surface area contributed by atoms with Gasteiger partial charge in [0.15, 0.2) is 0 Å². The van der Waals surface area contributed by atoms with Gasteiger partial charge in [0, 0.05) is 33.5 Å². The molecule has 0 amide bonds. The second-order valence-electron chi connectivity index (χ2n) is 1.26. The van der Waals surface area contributed by atoms with Crippen molar-refractivity contribution in [3.05, 3.63) is 0 Å². The first-order chi connectivity index (χ1) is 6.66. The standard InChI is InChI=1S/4C2H6O.CH4O.Sn.2H/c4*1-2-3;1-2;;;/h4*3H,2H2,1H3;2H,1H3;;;. The van der Waals surface area contributed by atoms with E-state index in [-0.39, 0.29) is 50.3 Å². The molecule has 0 aromatic carbocycles. The molecule has 0 aliphatic heterocycles. The number of rotatable bonds is 0. The van der Waals surface area contributed by atoms with Crippen molar-refractivity contribution in [2.24, 2.45) is 0 Å². The first kappa shape index (κ1) is 36.1. The van der Waals surface area contributed by atoms with Gasteiger partial charge in [0.2, 0.25) is 0 Å². The van der Waals surface area contributed by atoms with Gasteiger partial charge in [-0.2, -0.15) is 0 Å². The molecule has 0 aliphatic carbocycles. The molecule has 0 spiro atoms. The zero-order chi connectivity index (χ0) is 12.8. The molecule has 0 saturated carbocycles. The molecule has 100 valence electrons. The average Bonchev–Trinajstić information content (AvgIpc) is 2.12. The van der Waals surface area contributed by atoms with E-state index in [0.29, 0.717) is 0 Å². The molecule has 0 aliphatic rings. The van der Waals surface area contributed by atoms with Gasteiger partial charge >= 0.3 is 23.9 Å². The quantitative estimate of drug-likeness (QED) is 0.353.